The highest BCUT2D eigenvalue weighted by atomic mass is 31.2. The van der Waals surface area contributed by atoms with Gasteiger partial charge in [0.15, 0.2) is 0 Å². The van der Waals surface area contributed by atoms with E-state index in [1.165, 1.54) is 89.9 Å². The number of phosphoric acid groups is 1. The summed E-state index contributed by atoms with van der Waals surface area (Å²) in [7, 11) is -2.10. The fourth-order valence-electron chi connectivity index (χ4n) is 4.13. The van der Waals surface area contributed by atoms with Crippen molar-refractivity contribution in [1.82, 2.24) is 4.90 Å². The van der Waals surface area contributed by atoms with E-state index in [4.69, 9.17) is 9.05 Å². The maximum atomic E-state index is 11.9. The Hall–Kier alpha value is 0.0700. The molecule has 0 aromatic carbocycles. The molecule has 1 fully saturated rings. The van der Waals surface area contributed by atoms with Gasteiger partial charge in [0.05, 0.1) is 12.7 Å². The van der Waals surface area contributed by atoms with Crippen molar-refractivity contribution in [3.63, 3.8) is 0 Å². The first-order valence-electron chi connectivity index (χ1n) is 12.9. The van der Waals surface area contributed by atoms with Gasteiger partial charge in [0.2, 0.25) is 0 Å². The molecule has 180 valence electrons. The minimum absolute atomic E-state index is 0.213. The quantitative estimate of drug-likeness (QED) is 0.151. The van der Waals surface area contributed by atoms with Crippen molar-refractivity contribution < 1.29 is 18.5 Å². The third kappa shape index (κ3) is 16.7. The highest BCUT2D eigenvalue weighted by molar-refractivity contribution is 7.45. The second kappa shape index (κ2) is 18.6. The fraction of sp³-hybridized carbons (Fsp3) is 1.00. The van der Waals surface area contributed by atoms with E-state index in [9.17, 15) is 9.46 Å². The Morgan fingerprint density at radius 2 is 1.17 bits per heavy atom. The minimum atomic E-state index is -4.14. The molecule has 5 nitrogen and oxygen atoms in total. The van der Waals surface area contributed by atoms with Gasteiger partial charge in [-0.25, -0.2) is 0 Å². The summed E-state index contributed by atoms with van der Waals surface area (Å²) in [5, 5.41) is 0. The number of hydrogen-bond acceptors (Lipinski definition) is 5. The summed E-state index contributed by atoms with van der Waals surface area (Å²) in [5.41, 5.74) is 0. The van der Waals surface area contributed by atoms with E-state index in [2.05, 4.69) is 11.8 Å². The summed E-state index contributed by atoms with van der Waals surface area (Å²) in [6.07, 6.45) is 22.2. The smallest absolute Gasteiger partial charge is 0.268 e. The van der Waals surface area contributed by atoms with Crippen LogP contribution in [0.4, 0.5) is 0 Å². The van der Waals surface area contributed by atoms with Crippen LogP contribution in [-0.4, -0.2) is 37.7 Å². The molecule has 6 heteroatoms. The molecule has 0 aliphatic carbocycles. The standard InChI is InChI=1S/C24H50NO4P/c1-3-4-5-6-7-8-9-10-11-12-13-14-15-16-17-18-23-28-30(26,27)29-24-19-21-25(2)22-20-24/h24H,3-23H2,1-2H3,(H,26,27)/p-1. The van der Waals surface area contributed by atoms with Crippen LogP contribution in [0.25, 0.3) is 0 Å². The molecule has 0 bridgehead atoms. The third-order valence-electron chi connectivity index (χ3n) is 6.19. The van der Waals surface area contributed by atoms with Crippen LogP contribution in [0.5, 0.6) is 0 Å². The Morgan fingerprint density at radius 1 is 0.767 bits per heavy atom. The van der Waals surface area contributed by atoms with Crippen molar-refractivity contribution >= 4 is 7.82 Å². The molecule has 0 aromatic rings. The van der Waals surface area contributed by atoms with Crippen molar-refractivity contribution in [3.05, 3.63) is 0 Å². The molecular formula is C24H49NO4P-. The van der Waals surface area contributed by atoms with Crippen LogP contribution >= 0.6 is 7.82 Å². The summed E-state index contributed by atoms with van der Waals surface area (Å²) in [5.74, 6) is 0. The molecule has 30 heavy (non-hydrogen) atoms. The summed E-state index contributed by atoms with van der Waals surface area (Å²) in [6.45, 7) is 4.29. The van der Waals surface area contributed by atoms with Crippen LogP contribution < -0.4 is 4.89 Å². The topological polar surface area (TPSA) is 61.8 Å². The van der Waals surface area contributed by atoms with Crippen LogP contribution in [0.3, 0.4) is 0 Å². The van der Waals surface area contributed by atoms with Gasteiger partial charge in [0.1, 0.15) is 0 Å². The van der Waals surface area contributed by atoms with E-state index in [0.717, 1.165) is 38.8 Å². The fourth-order valence-corrected chi connectivity index (χ4v) is 5.12. The van der Waals surface area contributed by atoms with Crippen molar-refractivity contribution in [1.29, 1.82) is 0 Å². The minimum Gasteiger partial charge on any atom is -0.756 e. The van der Waals surface area contributed by atoms with E-state index in [0.29, 0.717) is 0 Å². The average molecular weight is 447 g/mol. The number of phosphoric ester groups is 1. The molecule has 0 saturated carbocycles. The van der Waals surface area contributed by atoms with Gasteiger partial charge in [-0.3, -0.25) is 4.57 Å². The molecular weight excluding hydrogens is 397 g/mol. The van der Waals surface area contributed by atoms with E-state index in [1.54, 1.807) is 0 Å². The number of nitrogens with zero attached hydrogens (tertiary/aromatic N) is 1. The first-order chi connectivity index (χ1) is 14.5. The number of hydrogen-bond donors (Lipinski definition) is 0. The summed E-state index contributed by atoms with van der Waals surface area (Å²) in [4.78, 5) is 14.1. The van der Waals surface area contributed by atoms with Crippen molar-refractivity contribution in [3.8, 4) is 0 Å². The molecule has 1 rings (SSSR count). The highest BCUT2D eigenvalue weighted by Gasteiger charge is 2.22. The third-order valence-corrected chi connectivity index (χ3v) is 7.25. The number of piperidine rings is 1. The van der Waals surface area contributed by atoms with Crippen molar-refractivity contribution in [2.45, 2.75) is 129 Å². The molecule has 0 spiro atoms. The molecule has 0 radical (unpaired) electrons. The molecule has 1 atom stereocenters. The van der Waals surface area contributed by atoms with Crippen molar-refractivity contribution in [2.24, 2.45) is 0 Å². The zero-order valence-electron chi connectivity index (χ0n) is 20.0. The maximum Gasteiger partial charge on any atom is 0.268 e. The molecule has 1 unspecified atom stereocenters. The van der Waals surface area contributed by atoms with Crippen molar-refractivity contribution in [2.75, 3.05) is 26.7 Å². The predicted octanol–water partition coefficient (Wildman–Crippen LogP) is 6.84. The molecule has 0 aromatic heterocycles. The largest absolute Gasteiger partial charge is 0.756 e. The van der Waals surface area contributed by atoms with Gasteiger partial charge in [-0.15, -0.1) is 0 Å². The lowest BCUT2D eigenvalue weighted by atomic mass is 10.0. The van der Waals surface area contributed by atoms with Crippen LogP contribution in [0.15, 0.2) is 0 Å². The van der Waals surface area contributed by atoms with Gasteiger partial charge >= 0.3 is 0 Å². The molecule has 0 amide bonds. The Bertz CT molecular complexity index is 427. The first-order valence-corrected chi connectivity index (χ1v) is 14.3. The number of unbranched alkanes of at least 4 members (excludes halogenated alkanes) is 15. The normalized spacial score (nSPS) is 18.0. The van der Waals surface area contributed by atoms with Crippen LogP contribution in [0, 0.1) is 0 Å². The lowest BCUT2D eigenvalue weighted by molar-refractivity contribution is -0.230. The lowest BCUT2D eigenvalue weighted by Crippen LogP contribution is -2.34. The maximum absolute atomic E-state index is 11.9. The monoisotopic (exact) mass is 446 g/mol. The van der Waals surface area contributed by atoms with Crippen LogP contribution in [-0.2, 0) is 13.6 Å². The first kappa shape index (κ1) is 28.1. The lowest BCUT2D eigenvalue weighted by Gasteiger charge is -2.33. The van der Waals surface area contributed by atoms with Gasteiger partial charge in [-0.05, 0) is 26.3 Å². The van der Waals surface area contributed by atoms with Crippen LogP contribution in [0.1, 0.15) is 122 Å². The summed E-state index contributed by atoms with van der Waals surface area (Å²) < 4.78 is 22.2. The summed E-state index contributed by atoms with van der Waals surface area (Å²) in [6, 6.07) is 0. The van der Waals surface area contributed by atoms with Crippen LogP contribution in [0.2, 0.25) is 0 Å². The van der Waals surface area contributed by atoms with Gasteiger partial charge < -0.3 is 18.8 Å². The molecule has 1 heterocycles. The second-order valence-corrected chi connectivity index (χ2v) is 10.6. The Kier molecular flexibility index (Phi) is 17.4. The Morgan fingerprint density at radius 3 is 1.60 bits per heavy atom. The predicted molar refractivity (Wildman–Crippen MR) is 125 cm³/mol. The number of likely N-dealkylation sites (tertiary alicyclic amines) is 1. The summed E-state index contributed by atoms with van der Waals surface area (Å²) >= 11 is 0. The van der Waals surface area contributed by atoms with E-state index < -0.39 is 7.82 Å². The Labute approximate surface area is 186 Å². The second-order valence-electron chi connectivity index (χ2n) is 9.19. The highest BCUT2D eigenvalue weighted by Crippen LogP contribution is 2.41. The zero-order chi connectivity index (χ0) is 21.9. The van der Waals surface area contributed by atoms with E-state index in [1.807, 2.05) is 7.05 Å². The zero-order valence-corrected chi connectivity index (χ0v) is 20.8. The Balaban J connectivity index is 1.80. The molecule has 1 saturated heterocycles. The van der Waals surface area contributed by atoms with E-state index in [-0.39, 0.29) is 12.7 Å². The van der Waals surface area contributed by atoms with Gasteiger partial charge in [-0.1, -0.05) is 103 Å². The number of rotatable bonds is 20. The SMILES string of the molecule is CCCCCCCCCCCCCCCCCCOP(=O)([O-])OC1CCN(C)CC1. The van der Waals surface area contributed by atoms with Gasteiger partial charge in [-0.2, -0.15) is 0 Å². The van der Waals surface area contributed by atoms with Gasteiger partial charge in [0, 0.05) is 13.1 Å². The average Bonchev–Trinajstić information content (AvgIpc) is 2.72. The molecule has 1 aliphatic heterocycles. The van der Waals surface area contributed by atoms with E-state index >= 15 is 0 Å². The van der Waals surface area contributed by atoms with Gasteiger partial charge in [0.25, 0.3) is 7.82 Å². The molecule has 1 aliphatic rings. The molecule has 0 N–H and O–H groups in total.